The van der Waals surface area contributed by atoms with Crippen LogP contribution in [0.3, 0.4) is 0 Å². The number of nitrogens with zero attached hydrogens (tertiary/aromatic N) is 2. The van der Waals surface area contributed by atoms with Crippen LogP contribution in [0.25, 0.3) is 11.0 Å². The zero-order valence-electron chi connectivity index (χ0n) is 8.81. The molecule has 3 heteroatoms. The third kappa shape index (κ3) is 1.70. The molecule has 2 aromatic rings. The van der Waals surface area contributed by atoms with Gasteiger partial charge in [-0.25, -0.2) is 4.98 Å². The molecule has 0 radical (unpaired) electrons. The monoisotopic (exact) mass is 282 g/mol. The van der Waals surface area contributed by atoms with E-state index in [1.54, 1.807) is 4.57 Å². The second kappa shape index (κ2) is 4.38. The van der Waals surface area contributed by atoms with Crippen LogP contribution in [-0.4, -0.2) is 9.55 Å². The van der Waals surface area contributed by atoms with Crippen molar-refractivity contribution in [1.82, 2.24) is 9.55 Å². The fraction of sp³-hybridized carbons (Fsp3) is 0.0714. The highest BCUT2D eigenvalue weighted by molar-refractivity contribution is 9.09. The predicted molar refractivity (Wildman–Crippen MR) is 72.4 cm³/mol. The van der Waals surface area contributed by atoms with Crippen molar-refractivity contribution >= 4 is 27.0 Å². The number of hydrogen-bond donors (Lipinski definition) is 0. The minimum absolute atomic E-state index is 0.337. The van der Waals surface area contributed by atoms with E-state index in [4.69, 9.17) is 19.3 Å². The van der Waals surface area contributed by atoms with Crippen molar-refractivity contribution in [1.29, 1.82) is 0 Å². The van der Waals surface area contributed by atoms with Gasteiger partial charge in [-0.1, -0.05) is 40.3 Å². The third-order valence-electron chi connectivity index (χ3n) is 2.37. The fourth-order valence-electron chi connectivity index (χ4n) is 1.61. The van der Waals surface area contributed by atoms with Crippen molar-refractivity contribution in [2.24, 2.45) is 0 Å². The molecule has 1 heterocycles. The van der Waals surface area contributed by atoms with Gasteiger partial charge in [0.1, 0.15) is 16.2 Å². The van der Waals surface area contributed by atoms with Crippen molar-refractivity contribution in [3.05, 3.63) is 29.6 Å². The lowest BCUT2D eigenvalue weighted by Crippen LogP contribution is -1.98. The summed E-state index contributed by atoms with van der Waals surface area (Å²) in [6.07, 6.45) is 16.3. The molecular formula is C14H7BrN2. The lowest BCUT2D eigenvalue weighted by Gasteiger charge is -2.01. The summed E-state index contributed by atoms with van der Waals surface area (Å²) < 4.78 is 1.61. The first-order valence-corrected chi connectivity index (χ1v) is 5.69. The van der Waals surface area contributed by atoms with Crippen LogP contribution < -0.4 is 0 Å². The average Bonchev–Trinajstić information content (AvgIpc) is 2.75. The van der Waals surface area contributed by atoms with Gasteiger partial charge < -0.3 is 0 Å². The molecule has 0 aliphatic carbocycles. The smallest absolute Gasteiger partial charge is 0.147 e. The Morgan fingerprint density at radius 1 is 1.29 bits per heavy atom. The Labute approximate surface area is 108 Å². The molecule has 0 fully saturated rings. The summed E-state index contributed by atoms with van der Waals surface area (Å²) >= 11 is 3.33. The van der Waals surface area contributed by atoms with Crippen LogP contribution in [0.4, 0.5) is 0 Å². The van der Waals surface area contributed by atoms with E-state index in [0.29, 0.717) is 16.9 Å². The summed E-state index contributed by atoms with van der Waals surface area (Å²) in [4.78, 5) is 4.08. The molecule has 0 amide bonds. The van der Waals surface area contributed by atoms with E-state index in [9.17, 15) is 0 Å². The number of hydrogen-bond acceptors (Lipinski definition) is 1. The topological polar surface area (TPSA) is 17.8 Å². The predicted octanol–water partition coefficient (Wildman–Crippen LogP) is 2.53. The number of fused-ring (bicyclic) bond motifs is 1. The number of halogens is 1. The Kier molecular flexibility index (Phi) is 2.92. The number of benzene rings is 1. The summed E-state index contributed by atoms with van der Waals surface area (Å²) in [5.74, 6) is 5.71. The fourth-order valence-corrected chi connectivity index (χ4v) is 1.92. The van der Waals surface area contributed by atoms with Gasteiger partial charge in [-0.2, -0.15) is 0 Å². The molecule has 0 bridgehead atoms. The van der Waals surface area contributed by atoms with Crippen LogP contribution in [0.5, 0.6) is 0 Å². The first-order chi connectivity index (χ1) is 8.22. The molecule has 1 atom stereocenters. The molecule has 17 heavy (non-hydrogen) atoms. The zero-order chi connectivity index (χ0) is 12.4. The van der Waals surface area contributed by atoms with Crippen LogP contribution in [0.15, 0.2) is 18.2 Å². The minimum Gasteiger partial charge on any atom is -0.253 e. The number of alkyl halides is 1. The quantitative estimate of drug-likeness (QED) is 0.581. The van der Waals surface area contributed by atoms with Gasteiger partial charge in [0, 0.05) is 6.04 Å². The van der Waals surface area contributed by atoms with E-state index in [1.807, 2.05) is 18.2 Å². The van der Waals surface area contributed by atoms with E-state index >= 15 is 0 Å². The van der Waals surface area contributed by atoms with Gasteiger partial charge in [0.2, 0.25) is 0 Å². The number of terminal acetylenes is 3. The summed E-state index contributed by atoms with van der Waals surface area (Å²) in [6.45, 7) is 0. The van der Waals surface area contributed by atoms with Gasteiger partial charge in [0.05, 0.1) is 11.1 Å². The molecule has 0 saturated carbocycles. The van der Waals surface area contributed by atoms with Crippen molar-refractivity contribution in [3.63, 3.8) is 0 Å². The standard InChI is InChI=1S/C14H7BrN2/c1-4-10-8-7-9-12-13(10)16-14(11(15)5-2)17(12)6-3/h1-3,7-9,11H. The molecule has 2 nitrogen and oxygen atoms in total. The van der Waals surface area contributed by atoms with Crippen molar-refractivity contribution < 1.29 is 0 Å². The summed E-state index contributed by atoms with van der Waals surface area (Å²) in [7, 11) is 0. The highest BCUT2D eigenvalue weighted by Gasteiger charge is 2.16. The Bertz CT molecular complexity index is 705. The molecule has 0 N–H and O–H groups in total. The maximum atomic E-state index is 5.48. The van der Waals surface area contributed by atoms with Crippen molar-refractivity contribution in [2.75, 3.05) is 0 Å². The Morgan fingerprint density at radius 2 is 2.06 bits per heavy atom. The third-order valence-corrected chi connectivity index (χ3v) is 3.04. The molecule has 1 aromatic carbocycles. The van der Waals surface area contributed by atoms with Gasteiger partial charge in [0.25, 0.3) is 0 Å². The highest BCUT2D eigenvalue weighted by Crippen LogP contribution is 2.26. The van der Waals surface area contributed by atoms with Crippen LogP contribution in [0, 0.1) is 37.2 Å². The number of para-hydroxylation sites is 1. The van der Waals surface area contributed by atoms with Gasteiger partial charge in [-0.15, -0.1) is 12.8 Å². The summed E-state index contributed by atoms with van der Waals surface area (Å²) in [6, 6.07) is 8.07. The Morgan fingerprint density at radius 3 is 2.65 bits per heavy atom. The average molecular weight is 283 g/mol. The van der Waals surface area contributed by atoms with Gasteiger partial charge in [-0.05, 0) is 12.1 Å². The van der Waals surface area contributed by atoms with Crippen LogP contribution in [-0.2, 0) is 0 Å². The molecule has 2 rings (SSSR count). The van der Waals surface area contributed by atoms with E-state index in [1.165, 1.54) is 0 Å². The van der Waals surface area contributed by atoms with E-state index < -0.39 is 0 Å². The molecule has 0 saturated heterocycles. The van der Waals surface area contributed by atoms with Crippen LogP contribution >= 0.6 is 15.9 Å². The van der Waals surface area contributed by atoms with E-state index in [-0.39, 0.29) is 4.83 Å². The van der Waals surface area contributed by atoms with Gasteiger partial charge >= 0.3 is 0 Å². The molecule has 0 aliphatic rings. The molecular weight excluding hydrogens is 276 g/mol. The summed E-state index contributed by atoms with van der Waals surface area (Å²) in [5.41, 5.74) is 2.19. The van der Waals surface area contributed by atoms with Gasteiger partial charge in [-0.3, -0.25) is 4.57 Å². The maximum absolute atomic E-state index is 5.48. The largest absolute Gasteiger partial charge is 0.253 e. The lowest BCUT2D eigenvalue weighted by atomic mass is 10.2. The van der Waals surface area contributed by atoms with Crippen LogP contribution in [0.2, 0.25) is 0 Å². The molecule has 1 aromatic heterocycles. The number of rotatable bonds is 1. The summed E-state index contributed by atoms with van der Waals surface area (Å²) in [5, 5.41) is 0. The van der Waals surface area contributed by atoms with Crippen molar-refractivity contribution in [2.45, 2.75) is 4.83 Å². The maximum Gasteiger partial charge on any atom is 0.147 e. The van der Waals surface area contributed by atoms with Gasteiger partial charge in [0.15, 0.2) is 0 Å². The molecule has 0 aliphatic heterocycles. The van der Waals surface area contributed by atoms with E-state index in [2.05, 4.69) is 38.8 Å². The number of imidazole rings is 1. The molecule has 1 unspecified atom stereocenters. The molecule has 0 spiro atoms. The first-order valence-electron chi connectivity index (χ1n) is 4.77. The first kappa shape index (κ1) is 11.3. The lowest BCUT2D eigenvalue weighted by molar-refractivity contribution is 0.987. The normalized spacial score (nSPS) is 11.4. The zero-order valence-corrected chi connectivity index (χ0v) is 10.4. The highest BCUT2D eigenvalue weighted by atomic mass is 79.9. The van der Waals surface area contributed by atoms with Crippen LogP contribution in [0.1, 0.15) is 16.2 Å². The van der Waals surface area contributed by atoms with Crippen molar-refractivity contribution in [3.8, 4) is 37.2 Å². The second-order valence-corrected chi connectivity index (χ2v) is 4.20. The SMILES string of the molecule is C#Cc1cccc2c1nc(C(Br)C#C)n2C#C. The number of aromatic nitrogens is 2. The second-order valence-electron chi connectivity index (χ2n) is 3.28. The van der Waals surface area contributed by atoms with E-state index in [0.717, 1.165) is 5.52 Å². The Hall–Kier alpha value is -2.15. The Balaban J connectivity index is 2.87. The molecule has 80 valence electrons. The minimum atomic E-state index is -0.337.